The van der Waals surface area contributed by atoms with Gasteiger partial charge in [-0.1, -0.05) is 6.07 Å². The van der Waals surface area contributed by atoms with E-state index in [1.807, 2.05) is 25.1 Å². The molecule has 0 radical (unpaired) electrons. The van der Waals surface area contributed by atoms with Crippen LogP contribution in [0.25, 0.3) is 11.4 Å². The van der Waals surface area contributed by atoms with Gasteiger partial charge >= 0.3 is 0 Å². The van der Waals surface area contributed by atoms with Gasteiger partial charge in [0.1, 0.15) is 11.5 Å². The van der Waals surface area contributed by atoms with Gasteiger partial charge in [0.15, 0.2) is 0 Å². The van der Waals surface area contributed by atoms with E-state index in [2.05, 4.69) is 9.97 Å². The van der Waals surface area contributed by atoms with Crippen LogP contribution in [0.4, 0.5) is 6.01 Å². The summed E-state index contributed by atoms with van der Waals surface area (Å²) < 4.78 is 5.10. The second kappa shape index (κ2) is 2.90. The molecule has 0 amide bonds. The number of anilines is 1. The summed E-state index contributed by atoms with van der Waals surface area (Å²) >= 11 is 0. The molecule has 66 valence electrons. The first kappa shape index (κ1) is 7.79. The van der Waals surface area contributed by atoms with Crippen molar-refractivity contribution in [3.05, 3.63) is 30.2 Å². The molecule has 0 saturated carbocycles. The molecule has 0 aliphatic carbocycles. The number of pyridine rings is 1. The Morgan fingerprint density at radius 3 is 2.77 bits per heavy atom. The number of oxazole rings is 1. The van der Waals surface area contributed by atoms with Crippen LogP contribution < -0.4 is 5.73 Å². The van der Waals surface area contributed by atoms with Crippen LogP contribution >= 0.6 is 0 Å². The minimum atomic E-state index is 0.179. The zero-order valence-corrected chi connectivity index (χ0v) is 7.19. The Labute approximate surface area is 75.4 Å². The Bertz CT molecular complexity index is 408. The van der Waals surface area contributed by atoms with Crippen molar-refractivity contribution in [3.8, 4) is 11.4 Å². The molecule has 0 aromatic carbocycles. The van der Waals surface area contributed by atoms with Gasteiger partial charge in [0, 0.05) is 6.20 Å². The lowest BCUT2D eigenvalue weighted by molar-refractivity contribution is 0.548. The van der Waals surface area contributed by atoms with Gasteiger partial charge in [0.05, 0.1) is 5.69 Å². The number of aromatic nitrogens is 2. The number of nitrogen functional groups attached to an aromatic ring is 1. The topological polar surface area (TPSA) is 64.9 Å². The molecule has 13 heavy (non-hydrogen) atoms. The summed E-state index contributed by atoms with van der Waals surface area (Å²) in [6.07, 6.45) is 1.71. The van der Waals surface area contributed by atoms with Gasteiger partial charge in [0.25, 0.3) is 6.01 Å². The second-order valence-corrected chi connectivity index (χ2v) is 2.67. The van der Waals surface area contributed by atoms with Crippen molar-refractivity contribution in [2.24, 2.45) is 0 Å². The van der Waals surface area contributed by atoms with Crippen LogP contribution in [-0.4, -0.2) is 9.97 Å². The molecule has 0 atom stereocenters. The van der Waals surface area contributed by atoms with Crippen LogP contribution in [0.1, 0.15) is 5.76 Å². The highest BCUT2D eigenvalue weighted by Crippen LogP contribution is 2.21. The van der Waals surface area contributed by atoms with E-state index in [1.54, 1.807) is 6.20 Å². The predicted molar refractivity (Wildman–Crippen MR) is 48.9 cm³/mol. The number of aryl methyl sites for hydroxylation is 1. The van der Waals surface area contributed by atoms with Crippen molar-refractivity contribution >= 4 is 6.01 Å². The molecule has 2 aromatic rings. The summed E-state index contributed by atoms with van der Waals surface area (Å²) in [7, 11) is 0. The zero-order valence-electron chi connectivity index (χ0n) is 7.19. The number of nitrogens with two attached hydrogens (primary N) is 1. The summed E-state index contributed by atoms with van der Waals surface area (Å²) in [4.78, 5) is 8.17. The first-order chi connectivity index (χ1) is 6.27. The van der Waals surface area contributed by atoms with E-state index in [9.17, 15) is 0 Å². The van der Waals surface area contributed by atoms with Crippen LogP contribution in [0.2, 0.25) is 0 Å². The molecule has 2 heterocycles. The third-order valence-electron chi connectivity index (χ3n) is 1.72. The molecule has 2 N–H and O–H groups in total. The van der Waals surface area contributed by atoms with Crippen LogP contribution in [0.5, 0.6) is 0 Å². The lowest BCUT2D eigenvalue weighted by Crippen LogP contribution is -1.85. The minimum Gasteiger partial charge on any atom is -0.428 e. The highest BCUT2D eigenvalue weighted by Gasteiger charge is 2.09. The van der Waals surface area contributed by atoms with Gasteiger partial charge in [-0.25, -0.2) is 0 Å². The molecule has 0 aliphatic rings. The molecule has 0 fully saturated rings. The Morgan fingerprint density at radius 2 is 2.23 bits per heavy atom. The number of hydrogen-bond donors (Lipinski definition) is 1. The lowest BCUT2D eigenvalue weighted by Gasteiger charge is -1.93. The van der Waals surface area contributed by atoms with Crippen molar-refractivity contribution < 1.29 is 4.42 Å². The third kappa shape index (κ3) is 1.38. The molecule has 0 spiro atoms. The quantitative estimate of drug-likeness (QED) is 0.715. The fourth-order valence-electron chi connectivity index (χ4n) is 1.16. The highest BCUT2D eigenvalue weighted by atomic mass is 16.4. The summed E-state index contributed by atoms with van der Waals surface area (Å²) in [6, 6.07) is 5.79. The molecular weight excluding hydrogens is 166 g/mol. The SMILES string of the molecule is Cc1oc(N)nc1-c1ccccn1. The molecule has 0 unspecified atom stereocenters. The van der Waals surface area contributed by atoms with E-state index in [1.165, 1.54) is 0 Å². The van der Waals surface area contributed by atoms with Gasteiger partial charge in [-0.2, -0.15) is 4.98 Å². The van der Waals surface area contributed by atoms with Gasteiger partial charge in [0.2, 0.25) is 0 Å². The maximum Gasteiger partial charge on any atom is 0.292 e. The van der Waals surface area contributed by atoms with Crippen molar-refractivity contribution in [2.45, 2.75) is 6.92 Å². The first-order valence-electron chi connectivity index (χ1n) is 3.91. The lowest BCUT2D eigenvalue weighted by atomic mass is 10.2. The average molecular weight is 175 g/mol. The Kier molecular flexibility index (Phi) is 1.73. The smallest absolute Gasteiger partial charge is 0.292 e. The van der Waals surface area contributed by atoms with Crippen molar-refractivity contribution in [1.82, 2.24) is 9.97 Å². The second-order valence-electron chi connectivity index (χ2n) is 2.67. The van der Waals surface area contributed by atoms with Crippen LogP contribution in [0.15, 0.2) is 28.8 Å². The Hall–Kier alpha value is -1.84. The van der Waals surface area contributed by atoms with Crippen LogP contribution in [-0.2, 0) is 0 Å². The molecule has 4 heteroatoms. The predicted octanol–water partition coefficient (Wildman–Crippen LogP) is 1.63. The van der Waals surface area contributed by atoms with E-state index >= 15 is 0 Å². The minimum absolute atomic E-state index is 0.179. The van der Waals surface area contributed by atoms with E-state index < -0.39 is 0 Å². The fraction of sp³-hybridized carbons (Fsp3) is 0.111. The number of rotatable bonds is 1. The largest absolute Gasteiger partial charge is 0.428 e. The monoisotopic (exact) mass is 175 g/mol. The molecule has 0 bridgehead atoms. The van der Waals surface area contributed by atoms with Crippen LogP contribution in [0.3, 0.4) is 0 Å². The molecule has 4 nitrogen and oxygen atoms in total. The Morgan fingerprint density at radius 1 is 1.38 bits per heavy atom. The number of hydrogen-bond acceptors (Lipinski definition) is 4. The first-order valence-corrected chi connectivity index (χ1v) is 3.91. The molecule has 0 aliphatic heterocycles. The van der Waals surface area contributed by atoms with Gasteiger partial charge < -0.3 is 10.2 Å². The van der Waals surface area contributed by atoms with E-state index in [0.717, 1.165) is 5.69 Å². The molecule has 2 rings (SSSR count). The summed E-state index contributed by atoms with van der Waals surface area (Å²) in [5.74, 6) is 0.691. The fourth-order valence-corrected chi connectivity index (χ4v) is 1.16. The highest BCUT2D eigenvalue weighted by molar-refractivity contribution is 5.57. The molecule has 2 aromatic heterocycles. The van der Waals surface area contributed by atoms with E-state index in [4.69, 9.17) is 10.2 Å². The standard InChI is InChI=1S/C9H9N3O/c1-6-8(12-9(10)13-6)7-4-2-3-5-11-7/h2-5H,1H3,(H2,10,12). The average Bonchev–Trinajstić information content (AvgIpc) is 2.47. The van der Waals surface area contributed by atoms with Crippen LogP contribution in [0, 0.1) is 6.92 Å². The summed E-state index contributed by atoms with van der Waals surface area (Å²) in [6.45, 7) is 1.81. The zero-order chi connectivity index (χ0) is 9.26. The van der Waals surface area contributed by atoms with E-state index in [-0.39, 0.29) is 6.01 Å². The molecular formula is C9H9N3O. The Balaban J connectivity index is 2.53. The van der Waals surface area contributed by atoms with Crippen molar-refractivity contribution in [2.75, 3.05) is 5.73 Å². The van der Waals surface area contributed by atoms with Gasteiger partial charge in [-0.15, -0.1) is 0 Å². The summed E-state index contributed by atoms with van der Waals surface area (Å²) in [5.41, 5.74) is 6.90. The van der Waals surface area contributed by atoms with Crippen molar-refractivity contribution in [1.29, 1.82) is 0 Å². The normalized spacial score (nSPS) is 10.2. The third-order valence-corrected chi connectivity index (χ3v) is 1.72. The van der Waals surface area contributed by atoms with Gasteiger partial charge in [-0.3, -0.25) is 4.98 Å². The maximum absolute atomic E-state index is 5.41. The number of nitrogens with zero attached hydrogens (tertiary/aromatic N) is 2. The van der Waals surface area contributed by atoms with Crippen molar-refractivity contribution in [3.63, 3.8) is 0 Å². The van der Waals surface area contributed by atoms with E-state index in [0.29, 0.717) is 11.5 Å². The van der Waals surface area contributed by atoms with Gasteiger partial charge in [-0.05, 0) is 19.1 Å². The molecule has 0 saturated heterocycles. The maximum atomic E-state index is 5.41. The summed E-state index contributed by atoms with van der Waals surface area (Å²) in [5, 5.41) is 0.